The number of nitrogens with two attached hydrogens (primary N) is 1. The molecule has 1 spiro atoms. The van der Waals surface area contributed by atoms with E-state index in [-0.39, 0.29) is 5.44 Å². The number of likely N-dealkylation sites (tertiary alicyclic amines) is 1. The van der Waals surface area contributed by atoms with Gasteiger partial charge in [-0.3, -0.25) is 4.90 Å². The van der Waals surface area contributed by atoms with E-state index in [0.717, 1.165) is 25.0 Å². The van der Waals surface area contributed by atoms with E-state index >= 15 is 0 Å². The summed E-state index contributed by atoms with van der Waals surface area (Å²) in [4.78, 5) is 2.85. The topological polar surface area (TPSA) is 38.5 Å². The second kappa shape index (κ2) is 6.69. The molecule has 0 amide bonds. The zero-order valence-corrected chi connectivity index (χ0v) is 15.8. The van der Waals surface area contributed by atoms with Crippen molar-refractivity contribution in [3.8, 4) is 0 Å². The van der Waals surface area contributed by atoms with Gasteiger partial charge in [-0.05, 0) is 63.2 Å². The number of rotatable bonds is 1. The largest absolute Gasteiger partial charge is 0.377 e. The Balaban J connectivity index is 1.82. The van der Waals surface area contributed by atoms with Crippen LogP contribution in [0.15, 0.2) is 0 Å². The van der Waals surface area contributed by atoms with Crippen LogP contribution in [0, 0.1) is 11.8 Å². The number of ether oxygens (including phenoxy) is 1. The van der Waals surface area contributed by atoms with Crippen molar-refractivity contribution in [1.29, 1.82) is 0 Å². The van der Waals surface area contributed by atoms with Gasteiger partial charge in [0.1, 0.15) is 7.85 Å². The molecule has 0 aromatic carbocycles. The summed E-state index contributed by atoms with van der Waals surface area (Å²) in [6.07, 6.45) is 10.5. The molecule has 3 fully saturated rings. The molecule has 4 unspecified atom stereocenters. The summed E-state index contributed by atoms with van der Waals surface area (Å²) in [6.45, 7) is 9.05. The van der Waals surface area contributed by atoms with E-state index in [1.54, 1.807) is 0 Å². The first-order chi connectivity index (χ1) is 10.8. The Labute approximate surface area is 144 Å². The summed E-state index contributed by atoms with van der Waals surface area (Å²) >= 11 is 0. The molecule has 2 aliphatic heterocycles. The highest BCUT2D eigenvalue weighted by molar-refractivity contribution is 6.15. The van der Waals surface area contributed by atoms with Crippen molar-refractivity contribution >= 4 is 7.85 Å². The van der Waals surface area contributed by atoms with E-state index in [1.165, 1.54) is 51.4 Å². The van der Waals surface area contributed by atoms with Crippen molar-refractivity contribution < 1.29 is 4.74 Å². The molecule has 4 atom stereocenters. The van der Waals surface area contributed by atoms with Gasteiger partial charge in [0.2, 0.25) is 0 Å². The third-order valence-corrected chi connectivity index (χ3v) is 6.72. The first-order valence-electron chi connectivity index (χ1n) is 9.98. The van der Waals surface area contributed by atoms with E-state index < -0.39 is 0 Å². The molecule has 3 rings (SSSR count). The summed E-state index contributed by atoms with van der Waals surface area (Å²) < 4.78 is 5.66. The predicted octanol–water partition coefficient (Wildman–Crippen LogP) is 2.52. The summed E-state index contributed by atoms with van der Waals surface area (Å²) in [6, 6.07) is 1.32. The lowest BCUT2D eigenvalue weighted by atomic mass is 9.62. The maximum atomic E-state index is 6.76. The Morgan fingerprint density at radius 2 is 1.83 bits per heavy atom. The first kappa shape index (κ1) is 17.8. The molecule has 0 radical (unpaired) electrons. The standard InChI is InChI=1S/C19H37BN2O/c1-14(2)22-17-7-5-4-6-15(3)10-19(20,21)11-16(17)8-9-18(22)12-23-13-18/h14-17H,4-13,20-21H2,1-3H3. The van der Waals surface area contributed by atoms with Crippen LogP contribution in [0.25, 0.3) is 0 Å². The summed E-state index contributed by atoms with van der Waals surface area (Å²) in [5.74, 6) is 1.54. The fourth-order valence-electron chi connectivity index (χ4n) is 5.96. The van der Waals surface area contributed by atoms with Crippen LogP contribution >= 0.6 is 0 Å². The van der Waals surface area contributed by atoms with Gasteiger partial charge >= 0.3 is 0 Å². The lowest BCUT2D eigenvalue weighted by Crippen LogP contribution is -2.70. The Morgan fingerprint density at radius 3 is 2.43 bits per heavy atom. The van der Waals surface area contributed by atoms with Crippen molar-refractivity contribution in [3.05, 3.63) is 0 Å². The van der Waals surface area contributed by atoms with Gasteiger partial charge in [0.15, 0.2) is 0 Å². The monoisotopic (exact) mass is 320 g/mol. The Hall–Kier alpha value is -0.0551. The molecule has 4 heteroatoms. The Bertz CT molecular complexity index is 408. The van der Waals surface area contributed by atoms with Crippen LogP contribution in [-0.4, -0.2) is 49.0 Å². The number of nitrogens with zero attached hydrogens (tertiary/aromatic N) is 1. The highest BCUT2D eigenvalue weighted by atomic mass is 16.5. The molecule has 2 saturated heterocycles. The van der Waals surface area contributed by atoms with Gasteiger partial charge in [0, 0.05) is 12.1 Å². The van der Waals surface area contributed by atoms with Gasteiger partial charge in [-0.15, -0.1) is 0 Å². The summed E-state index contributed by atoms with van der Waals surface area (Å²) in [5, 5.41) is 0. The fourth-order valence-corrected chi connectivity index (χ4v) is 5.96. The number of fused-ring (bicyclic) bond motifs is 1. The molecule has 2 heterocycles. The minimum Gasteiger partial charge on any atom is -0.377 e. The van der Waals surface area contributed by atoms with Crippen molar-refractivity contribution in [2.45, 2.75) is 95.2 Å². The zero-order valence-electron chi connectivity index (χ0n) is 15.8. The van der Waals surface area contributed by atoms with Crippen LogP contribution in [0.3, 0.4) is 0 Å². The zero-order chi connectivity index (χ0) is 16.7. The molecule has 0 bridgehead atoms. The van der Waals surface area contributed by atoms with Crippen molar-refractivity contribution in [2.75, 3.05) is 13.2 Å². The van der Waals surface area contributed by atoms with E-state index in [0.29, 0.717) is 17.6 Å². The van der Waals surface area contributed by atoms with Crippen molar-refractivity contribution in [2.24, 2.45) is 17.6 Å². The lowest BCUT2D eigenvalue weighted by molar-refractivity contribution is -0.196. The maximum Gasteiger partial charge on any atom is 0.127 e. The van der Waals surface area contributed by atoms with Gasteiger partial charge in [0.25, 0.3) is 0 Å². The van der Waals surface area contributed by atoms with Crippen molar-refractivity contribution in [1.82, 2.24) is 4.90 Å². The molecule has 0 aromatic rings. The molecule has 1 aliphatic carbocycles. The second-order valence-electron chi connectivity index (χ2n) is 9.54. The van der Waals surface area contributed by atoms with Crippen LogP contribution in [-0.2, 0) is 4.74 Å². The molecule has 23 heavy (non-hydrogen) atoms. The fraction of sp³-hybridized carbons (Fsp3) is 1.00. The third-order valence-electron chi connectivity index (χ3n) is 6.72. The predicted molar refractivity (Wildman–Crippen MR) is 99.4 cm³/mol. The smallest absolute Gasteiger partial charge is 0.127 e. The summed E-state index contributed by atoms with van der Waals surface area (Å²) in [7, 11) is 2.30. The minimum atomic E-state index is 0.00292. The quantitative estimate of drug-likeness (QED) is 0.755. The van der Waals surface area contributed by atoms with Crippen LogP contribution in [0.1, 0.15) is 72.1 Å². The first-order valence-corrected chi connectivity index (χ1v) is 9.98. The highest BCUT2D eigenvalue weighted by Gasteiger charge is 2.52. The number of hydrogen-bond donors (Lipinski definition) is 1. The SMILES string of the molecule is BC1(N)CC(C)CCCCC2C(CCC3(COC3)N2C(C)C)C1. The Morgan fingerprint density at radius 1 is 1.13 bits per heavy atom. The van der Waals surface area contributed by atoms with Gasteiger partial charge < -0.3 is 10.5 Å². The van der Waals surface area contributed by atoms with Crippen LogP contribution in [0.4, 0.5) is 0 Å². The normalized spacial score (nSPS) is 42.2. The lowest BCUT2D eigenvalue weighted by Gasteiger charge is -2.60. The number of piperidine rings is 1. The molecule has 1 saturated carbocycles. The van der Waals surface area contributed by atoms with Crippen molar-refractivity contribution in [3.63, 3.8) is 0 Å². The third kappa shape index (κ3) is 3.64. The molecule has 3 nitrogen and oxygen atoms in total. The molecule has 3 aliphatic rings. The molecular formula is C19H37BN2O. The van der Waals surface area contributed by atoms with Gasteiger partial charge in [-0.2, -0.15) is 0 Å². The van der Waals surface area contributed by atoms with Gasteiger partial charge in [0.05, 0.1) is 18.8 Å². The van der Waals surface area contributed by atoms with Crippen LogP contribution in [0.5, 0.6) is 0 Å². The summed E-state index contributed by atoms with van der Waals surface area (Å²) in [5.41, 5.74) is 7.11. The van der Waals surface area contributed by atoms with Crippen LogP contribution in [0.2, 0.25) is 0 Å². The van der Waals surface area contributed by atoms with Gasteiger partial charge in [-0.25, -0.2) is 0 Å². The average Bonchev–Trinajstić information content (AvgIpc) is 2.40. The van der Waals surface area contributed by atoms with E-state index in [1.807, 2.05) is 0 Å². The molecule has 132 valence electrons. The van der Waals surface area contributed by atoms with E-state index in [2.05, 4.69) is 33.5 Å². The number of hydrogen-bond acceptors (Lipinski definition) is 3. The molecule has 2 N–H and O–H groups in total. The highest BCUT2D eigenvalue weighted by Crippen LogP contribution is 2.45. The molecule has 0 aromatic heterocycles. The van der Waals surface area contributed by atoms with Crippen LogP contribution < -0.4 is 5.73 Å². The van der Waals surface area contributed by atoms with E-state index in [4.69, 9.17) is 10.5 Å². The van der Waals surface area contributed by atoms with Gasteiger partial charge in [-0.1, -0.05) is 26.2 Å². The second-order valence-corrected chi connectivity index (χ2v) is 9.54. The molecular weight excluding hydrogens is 283 g/mol. The average molecular weight is 320 g/mol. The maximum absolute atomic E-state index is 6.76. The Kier molecular flexibility index (Phi) is 5.16. The van der Waals surface area contributed by atoms with E-state index in [9.17, 15) is 0 Å². The minimum absolute atomic E-state index is 0.00292.